The van der Waals surface area contributed by atoms with Crippen molar-refractivity contribution in [2.75, 3.05) is 0 Å². The zero-order chi connectivity index (χ0) is 16.7. The highest BCUT2D eigenvalue weighted by molar-refractivity contribution is 6.05. The van der Waals surface area contributed by atoms with Crippen LogP contribution in [0.5, 0.6) is 5.75 Å². The third-order valence-corrected chi connectivity index (χ3v) is 3.66. The first kappa shape index (κ1) is 14.4. The molecule has 4 rings (SSSR count). The van der Waals surface area contributed by atoms with E-state index in [4.69, 9.17) is 9.15 Å². The summed E-state index contributed by atoms with van der Waals surface area (Å²) < 4.78 is 37.3. The van der Waals surface area contributed by atoms with Crippen molar-refractivity contribution in [1.29, 1.82) is 0 Å². The highest BCUT2D eigenvalue weighted by atomic mass is 19.1. The predicted molar refractivity (Wildman–Crippen MR) is 85.0 cm³/mol. The summed E-state index contributed by atoms with van der Waals surface area (Å²) in [6, 6.07) is 15.0. The molecule has 0 aliphatic rings. The number of carbonyl (C=O) groups is 1. The van der Waals surface area contributed by atoms with Gasteiger partial charge in [0.15, 0.2) is 0 Å². The number of halogens is 2. The van der Waals surface area contributed by atoms with Gasteiger partial charge in [-0.2, -0.15) is 0 Å². The maximum atomic E-state index is 13.2. The summed E-state index contributed by atoms with van der Waals surface area (Å²) in [5.74, 6) is -2.24. The maximum absolute atomic E-state index is 13.2. The van der Waals surface area contributed by atoms with Crippen LogP contribution in [0.25, 0.3) is 21.9 Å². The van der Waals surface area contributed by atoms with E-state index in [-0.39, 0.29) is 11.3 Å². The molecule has 0 amide bonds. The van der Waals surface area contributed by atoms with Crippen molar-refractivity contribution in [1.82, 2.24) is 0 Å². The van der Waals surface area contributed by atoms with Gasteiger partial charge in [-0.05, 0) is 36.4 Å². The van der Waals surface area contributed by atoms with Crippen molar-refractivity contribution in [2.24, 2.45) is 0 Å². The average Bonchev–Trinajstić information content (AvgIpc) is 2.92. The number of fused-ring (bicyclic) bond motifs is 3. The Morgan fingerprint density at radius 3 is 2.33 bits per heavy atom. The van der Waals surface area contributed by atoms with Crippen molar-refractivity contribution in [3.63, 3.8) is 0 Å². The standard InChI is InChI=1S/C19H10F2O3/c20-12-7-11(8-13(21)9-12)19(22)23-14-5-6-18-16(10-14)15-3-1-2-4-17(15)24-18/h1-10H. The topological polar surface area (TPSA) is 39.4 Å². The van der Waals surface area contributed by atoms with Crippen LogP contribution in [0, 0.1) is 11.6 Å². The molecule has 0 spiro atoms. The number of benzene rings is 3. The molecule has 0 radical (unpaired) electrons. The molecule has 4 aromatic rings. The molecular weight excluding hydrogens is 314 g/mol. The van der Waals surface area contributed by atoms with Crippen LogP contribution in [-0.4, -0.2) is 5.97 Å². The van der Waals surface area contributed by atoms with Gasteiger partial charge in [0.25, 0.3) is 0 Å². The summed E-state index contributed by atoms with van der Waals surface area (Å²) >= 11 is 0. The summed E-state index contributed by atoms with van der Waals surface area (Å²) in [6.45, 7) is 0. The van der Waals surface area contributed by atoms with E-state index in [2.05, 4.69) is 0 Å². The van der Waals surface area contributed by atoms with Gasteiger partial charge in [0.1, 0.15) is 28.5 Å². The second-order valence-electron chi connectivity index (χ2n) is 5.30. The smallest absolute Gasteiger partial charge is 0.343 e. The number of para-hydroxylation sites is 1. The van der Waals surface area contributed by atoms with E-state index in [0.29, 0.717) is 11.6 Å². The number of hydrogen-bond acceptors (Lipinski definition) is 3. The lowest BCUT2D eigenvalue weighted by Crippen LogP contribution is -2.09. The van der Waals surface area contributed by atoms with Gasteiger partial charge in [-0.15, -0.1) is 0 Å². The third-order valence-electron chi connectivity index (χ3n) is 3.66. The molecule has 1 heterocycles. The van der Waals surface area contributed by atoms with Gasteiger partial charge < -0.3 is 9.15 Å². The molecule has 0 unspecified atom stereocenters. The van der Waals surface area contributed by atoms with E-state index in [9.17, 15) is 13.6 Å². The lowest BCUT2D eigenvalue weighted by Gasteiger charge is -2.05. The molecule has 0 aliphatic heterocycles. The lowest BCUT2D eigenvalue weighted by atomic mass is 10.1. The van der Waals surface area contributed by atoms with Crippen molar-refractivity contribution in [2.45, 2.75) is 0 Å². The third kappa shape index (κ3) is 2.50. The minimum atomic E-state index is -0.835. The van der Waals surface area contributed by atoms with Crippen molar-refractivity contribution in [3.05, 3.63) is 77.9 Å². The molecule has 0 N–H and O–H groups in total. The number of rotatable bonds is 2. The van der Waals surface area contributed by atoms with E-state index in [0.717, 1.165) is 28.5 Å². The van der Waals surface area contributed by atoms with Crippen molar-refractivity contribution in [3.8, 4) is 5.75 Å². The number of furan rings is 1. The van der Waals surface area contributed by atoms with Crippen LogP contribution < -0.4 is 4.74 Å². The Balaban J connectivity index is 1.71. The second kappa shape index (κ2) is 5.45. The molecule has 24 heavy (non-hydrogen) atoms. The fraction of sp³-hybridized carbons (Fsp3) is 0. The minimum Gasteiger partial charge on any atom is -0.456 e. The zero-order valence-electron chi connectivity index (χ0n) is 12.3. The Morgan fingerprint density at radius 1 is 0.833 bits per heavy atom. The Labute approximate surface area is 135 Å². The summed E-state index contributed by atoms with van der Waals surface area (Å²) in [6.07, 6.45) is 0. The highest BCUT2D eigenvalue weighted by Gasteiger charge is 2.13. The van der Waals surface area contributed by atoms with Crippen LogP contribution in [0.15, 0.2) is 65.1 Å². The van der Waals surface area contributed by atoms with Gasteiger partial charge in [0.2, 0.25) is 0 Å². The lowest BCUT2D eigenvalue weighted by molar-refractivity contribution is 0.0734. The molecule has 0 fully saturated rings. The van der Waals surface area contributed by atoms with Crippen LogP contribution in [0.2, 0.25) is 0 Å². The molecule has 0 saturated heterocycles. The number of hydrogen-bond donors (Lipinski definition) is 0. The predicted octanol–water partition coefficient (Wildman–Crippen LogP) is 5.08. The Hall–Kier alpha value is -3.21. The first-order valence-electron chi connectivity index (χ1n) is 7.20. The first-order chi connectivity index (χ1) is 11.6. The molecule has 0 aliphatic carbocycles. The number of esters is 1. The molecule has 0 atom stereocenters. The first-order valence-corrected chi connectivity index (χ1v) is 7.20. The molecule has 1 aromatic heterocycles. The van der Waals surface area contributed by atoms with Gasteiger partial charge in [0, 0.05) is 16.8 Å². The van der Waals surface area contributed by atoms with Gasteiger partial charge in [-0.1, -0.05) is 18.2 Å². The summed E-state index contributed by atoms with van der Waals surface area (Å²) in [5.41, 5.74) is 1.20. The van der Waals surface area contributed by atoms with E-state index in [1.807, 2.05) is 24.3 Å². The Bertz CT molecular complexity index is 1060. The van der Waals surface area contributed by atoms with Gasteiger partial charge in [0.05, 0.1) is 5.56 Å². The largest absolute Gasteiger partial charge is 0.456 e. The van der Waals surface area contributed by atoms with Gasteiger partial charge in [-0.25, -0.2) is 13.6 Å². The maximum Gasteiger partial charge on any atom is 0.343 e. The van der Waals surface area contributed by atoms with Gasteiger partial charge in [-0.3, -0.25) is 0 Å². The van der Waals surface area contributed by atoms with E-state index >= 15 is 0 Å². The van der Waals surface area contributed by atoms with Crippen LogP contribution in [0.3, 0.4) is 0 Å². The minimum absolute atomic E-state index is 0.190. The Morgan fingerprint density at radius 2 is 1.54 bits per heavy atom. The zero-order valence-corrected chi connectivity index (χ0v) is 12.3. The SMILES string of the molecule is O=C(Oc1ccc2oc3ccccc3c2c1)c1cc(F)cc(F)c1. The number of ether oxygens (including phenoxy) is 1. The average molecular weight is 324 g/mol. The molecule has 0 bridgehead atoms. The fourth-order valence-electron chi connectivity index (χ4n) is 2.61. The molecule has 3 nitrogen and oxygen atoms in total. The van der Waals surface area contributed by atoms with Crippen LogP contribution in [-0.2, 0) is 0 Å². The fourth-order valence-corrected chi connectivity index (χ4v) is 2.61. The monoisotopic (exact) mass is 324 g/mol. The van der Waals surface area contributed by atoms with Crippen molar-refractivity contribution >= 4 is 27.9 Å². The molecule has 118 valence electrons. The quantitative estimate of drug-likeness (QED) is 0.381. The molecular formula is C19H10F2O3. The van der Waals surface area contributed by atoms with Crippen LogP contribution in [0.4, 0.5) is 8.78 Å². The molecule has 5 heteroatoms. The molecule has 3 aromatic carbocycles. The molecule has 0 saturated carbocycles. The number of carbonyl (C=O) groups excluding carboxylic acids is 1. The highest BCUT2D eigenvalue weighted by Crippen LogP contribution is 2.31. The normalized spacial score (nSPS) is 11.1. The summed E-state index contributed by atoms with van der Waals surface area (Å²) in [7, 11) is 0. The van der Waals surface area contributed by atoms with E-state index in [1.165, 1.54) is 0 Å². The van der Waals surface area contributed by atoms with Crippen LogP contribution >= 0.6 is 0 Å². The van der Waals surface area contributed by atoms with Crippen molar-refractivity contribution < 1.29 is 22.7 Å². The Kier molecular flexibility index (Phi) is 3.27. The van der Waals surface area contributed by atoms with E-state index in [1.54, 1.807) is 18.2 Å². The van der Waals surface area contributed by atoms with E-state index < -0.39 is 17.6 Å². The summed E-state index contributed by atoms with van der Waals surface area (Å²) in [5, 5.41) is 1.68. The summed E-state index contributed by atoms with van der Waals surface area (Å²) in [4.78, 5) is 12.1. The van der Waals surface area contributed by atoms with Gasteiger partial charge >= 0.3 is 5.97 Å². The van der Waals surface area contributed by atoms with Crippen LogP contribution in [0.1, 0.15) is 10.4 Å². The second-order valence-corrected chi connectivity index (χ2v) is 5.30.